The van der Waals surface area contributed by atoms with Crippen molar-refractivity contribution < 1.29 is 9.53 Å². The Labute approximate surface area is 132 Å². The van der Waals surface area contributed by atoms with Gasteiger partial charge >= 0.3 is 0 Å². The smallest absolute Gasteiger partial charge is 0.261 e. The van der Waals surface area contributed by atoms with Crippen molar-refractivity contribution in [2.75, 3.05) is 13.2 Å². The van der Waals surface area contributed by atoms with Gasteiger partial charge < -0.3 is 10.1 Å². The average molecular weight is 322 g/mol. The van der Waals surface area contributed by atoms with E-state index in [4.69, 9.17) is 16.3 Å². The van der Waals surface area contributed by atoms with Crippen molar-refractivity contribution in [3.63, 3.8) is 0 Å². The topological polar surface area (TPSA) is 73.2 Å². The van der Waals surface area contributed by atoms with E-state index < -0.39 is 0 Å². The van der Waals surface area contributed by atoms with Crippen molar-refractivity contribution in [2.24, 2.45) is 0 Å². The minimum atomic E-state index is -0.278. The lowest BCUT2D eigenvalue weighted by Gasteiger charge is -2.11. The molecule has 1 aromatic carbocycles. The van der Waals surface area contributed by atoms with Gasteiger partial charge in [0.25, 0.3) is 5.56 Å². The first-order valence-electron chi connectivity index (χ1n) is 7.16. The molecule has 1 N–H and O–H groups in total. The maximum Gasteiger partial charge on any atom is 0.261 e. The van der Waals surface area contributed by atoms with Crippen LogP contribution >= 0.6 is 11.6 Å². The van der Waals surface area contributed by atoms with Crippen molar-refractivity contribution in [2.45, 2.75) is 25.5 Å². The minimum Gasteiger partial charge on any atom is -0.376 e. The summed E-state index contributed by atoms with van der Waals surface area (Å²) >= 11 is 5.90. The quantitative estimate of drug-likeness (QED) is 0.922. The van der Waals surface area contributed by atoms with E-state index in [1.807, 2.05) is 0 Å². The number of halogens is 1. The molecule has 0 saturated carbocycles. The van der Waals surface area contributed by atoms with Crippen LogP contribution < -0.4 is 10.9 Å². The Morgan fingerprint density at radius 3 is 3.14 bits per heavy atom. The number of hydrogen-bond donors (Lipinski definition) is 1. The zero-order chi connectivity index (χ0) is 15.5. The summed E-state index contributed by atoms with van der Waals surface area (Å²) in [6.07, 6.45) is 3.43. The first kappa shape index (κ1) is 15.0. The van der Waals surface area contributed by atoms with Crippen molar-refractivity contribution in [3.8, 4) is 0 Å². The number of nitrogens with one attached hydrogen (secondary N) is 1. The number of fused-ring (bicyclic) bond motifs is 1. The van der Waals surface area contributed by atoms with Crippen LogP contribution in [-0.4, -0.2) is 34.7 Å². The lowest BCUT2D eigenvalue weighted by molar-refractivity contribution is -0.122. The van der Waals surface area contributed by atoms with Crippen LogP contribution in [0.4, 0.5) is 0 Å². The second-order valence-corrected chi connectivity index (χ2v) is 5.71. The molecule has 0 bridgehead atoms. The molecule has 22 heavy (non-hydrogen) atoms. The second-order valence-electron chi connectivity index (χ2n) is 5.28. The van der Waals surface area contributed by atoms with Crippen LogP contribution in [0.1, 0.15) is 12.8 Å². The van der Waals surface area contributed by atoms with Gasteiger partial charge in [-0.1, -0.05) is 11.6 Å². The Balaban J connectivity index is 1.71. The molecule has 1 saturated heterocycles. The molecule has 1 aromatic heterocycles. The summed E-state index contributed by atoms with van der Waals surface area (Å²) in [5, 5.41) is 3.65. The number of benzene rings is 1. The van der Waals surface area contributed by atoms with E-state index >= 15 is 0 Å². The number of hydrogen-bond acceptors (Lipinski definition) is 4. The van der Waals surface area contributed by atoms with Gasteiger partial charge in [0.15, 0.2) is 0 Å². The van der Waals surface area contributed by atoms with Gasteiger partial charge in [0.1, 0.15) is 6.54 Å². The highest BCUT2D eigenvalue weighted by molar-refractivity contribution is 6.31. The zero-order valence-corrected chi connectivity index (χ0v) is 12.7. The third kappa shape index (κ3) is 3.28. The number of amides is 1. The van der Waals surface area contributed by atoms with Crippen molar-refractivity contribution in [3.05, 3.63) is 39.9 Å². The summed E-state index contributed by atoms with van der Waals surface area (Å²) in [5.41, 5.74) is 0.283. The van der Waals surface area contributed by atoms with Crippen LogP contribution in [-0.2, 0) is 16.1 Å². The van der Waals surface area contributed by atoms with E-state index in [0.717, 1.165) is 19.4 Å². The molecular formula is C15H16ClN3O3. The van der Waals surface area contributed by atoms with E-state index in [1.54, 1.807) is 18.2 Å². The molecular weight excluding hydrogens is 306 g/mol. The van der Waals surface area contributed by atoms with Crippen molar-refractivity contribution in [1.82, 2.24) is 14.9 Å². The molecule has 0 radical (unpaired) electrons. The van der Waals surface area contributed by atoms with E-state index in [9.17, 15) is 9.59 Å². The predicted octanol–water partition coefficient (Wildman–Crippen LogP) is 1.35. The highest BCUT2D eigenvalue weighted by Crippen LogP contribution is 2.14. The number of ether oxygens (including phenoxy) is 1. The lowest BCUT2D eigenvalue weighted by Crippen LogP contribution is -2.36. The number of carbonyl (C=O) groups excluding carboxylic acids is 1. The van der Waals surface area contributed by atoms with Gasteiger partial charge in [0.2, 0.25) is 5.91 Å². The summed E-state index contributed by atoms with van der Waals surface area (Å²) in [6, 6.07) is 4.92. The van der Waals surface area contributed by atoms with E-state index in [2.05, 4.69) is 10.3 Å². The van der Waals surface area contributed by atoms with Crippen molar-refractivity contribution in [1.29, 1.82) is 0 Å². The summed E-state index contributed by atoms with van der Waals surface area (Å²) in [6.45, 7) is 1.15. The fourth-order valence-electron chi connectivity index (χ4n) is 2.49. The van der Waals surface area contributed by atoms with Crippen LogP contribution in [0.25, 0.3) is 10.9 Å². The molecule has 7 heteroatoms. The Hall–Kier alpha value is -1.92. The fourth-order valence-corrected chi connectivity index (χ4v) is 2.66. The first-order valence-corrected chi connectivity index (χ1v) is 7.54. The molecule has 0 unspecified atom stereocenters. The average Bonchev–Trinajstić information content (AvgIpc) is 3.02. The lowest BCUT2D eigenvalue weighted by atomic mass is 10.2. The van der Waals surface area contributed by atoms with Crippen LogP contribution in [0.3, 0.4) is 0 Å². The molecule has 1 amide bonds. The highest BCUT2D eigenvalue weighted by Gasteiger charge is 2.16. The summed E-state index contributed by atoms with van der Waals surface area (Å²) in [4.78, 5) is 28.5. The molecule has 6 nitrogen and oxygen atoms in total. The molecule has 1 aliphatic heterocycles. The molecule has 1 aliphatic rings. The van der Waals surface area contributed by atoms with Crippen LogP contribution in [0.5, 0.6) is 0 Å². The van der Waals surface area contributed by atoms with E-state index in [-0.39, 0.29) is 24.1 Å². The fraction of sp³-hybridized carbons (Fsp3) is 0.400. The van der Waals surface area contributed by atoms with Gasteiger partial charge in [-0.25, -0.2) is 4.98 Å². The number of rotatable bonds is 4. The third-order valence-corrected chi connectivity index (χ3v) is 3.89. The summed E-state index contributed by atoms with van der Waals surface area (Å²) in [7, 11) is 0. The summed E-state index contributed by atoms with van der Waals surface area (Å²) < 4.78 is 6.72. The largest absolute Gasteiger partial charge is 0.376 e. The Morgan fingerprint density at radius 2 is 2.36 bits per heavy atom. The zero-order valence-electron chi connectivity index (χ0n) is 11.9. The molecule has 116 valence electrons. The van der Waals surface area contributed by atoms with Crippen LogP contribution in [0.15, 0.2) is 29.3 Å². The maximum atomic E-state index is 12.3. The SMILES string of the molecule is O=C(Cn1cnc2ccc(Cl)cc2c1=O)NC[C@H]1CCCO1. The monoisotopic (exact) mass is 321 g/mol. The van der Waals surface area contributed by atoms with Gasteiger partial charge in [0.05, 0.1) is 23.3 Å². The molecule has 1 fully saturated rings. The maximum absolute atomic E-state index is 12.3. The molecule has 2 aromatic rings. The first-order chi connectivity index (χ1) is 10.6. The molecule has 2 heterocycles. The van der Waals surface area contributed by atoms with Crippen LogP contribution in [0, 0.1) is 0 Å². The Morgan fingerprint density at radius 1 is 1.50 bits per heavy atom. The minimum absolute atomic E-state index is 0.0684. The highest BCUT2D eigenvalue weighted by atomic mass is 35.5. The Bertz CT molecular complexity index is 753. The third-order valence-electron chi connectivity index (χ3n) is 3.65. The van der Waals surface area contributed by atoms with Crippen LogP contribution in [0.2, 0.25) is 5.02 Å². The summed E-state index contributed by atoms with van der Waals surface area (Å²) in [5.74, 6) is -0.235. The second kappa shape index (κ2) is 6.46. The van der Waals surface area contributed by atoms with Crippen molar-refractivity contribution >= 4 is 28.4 Å². The Kier molecular flexibility index (Phi) is 4.40. The van der Waals surface area contributed by atoms with Gasteiger partial charge in [0, 0.05) is 18.2 Å². The van der Waals surface area contributed by atoms with E-state index in [1.165, 1.54) is 10.9 Å². The molecule has 0 spiro atoms. The molecule has 1 atom stereocenters. The standard InChI is InChI=1S/C15H16ClN3O3/c16-10-3-4-13-12(6-10)15(21)19(9-18-13)8-14(20)17-7-11-2-1-5-22-11/h3-4,6,9,11H,1-2,5,7-8H2,(H,17,20)/t11-/m1/s1. The van der Waals surface area contributed by atoms with E-state index in [0.29, 0.717) is 22.5 Å². The number of carbonyl (C=O) groups is 1. The van der Waals surface area contributed by atoms with Gasteiger partial charge in [-0.05, 0) is 31.0 Å². The number of nitrogens with zero attached hydrogens (tertiary/aromatic N) is 2. The molecule has 0 aliphatic carbocycles. The normalized spacial score (nSPS) is 17.8. The number of aromatic nitrogens is 2. The predicted molar refractivity (Wildman–Crippen MR) is 83.0 cm³/mol. The van der Waals surface area contributed by atoms with Gasteiger partial charge in [-0.15, -0.1) is 0 Å². The molecule has 3 rings (SSSR count). The van der Waals surface area contributed by atoms with Gasteiger partial charge in [-0.3, -0.25) is 14.2 Å². The van der Waals surface area contributed by atoms with Gasteiger partial charge in [-0.2, -0.15) is 0 Å².